The van der Waals surface area contributed by atoms with Gasteiger partial charge in [-0.1, -0.05) is 6.42 Å². The first-order valence-electron chi connectivity index (χ1n) is 6.05. The van der Waals surface area contributed by atoms with Crippen molar-refractivity contribution in [2.45, 2.75) is 58.7 Å². The minimum Gasteiger partial charge on any atom is -0.305 e. The summed E-state index contributed by atoms with van der Waals surface area (Å²) in [4.78, 5) is 0. The summed E-state index contributed by atoms with van der Waals surface area (Å²) in [6, 6.07) is 0. The maximum absolute atomic E-state index is 4.07. The topological polar surface area (TPSA) is 55.6 Å². The van der Waals surface area contributed by atoms with Crippen LogP contribution in [0.2, 0.25) is 0 Å². The van der Waals surface area contributed by atoms with Gasteiger partial charge in [0.25, 0.3) is 0 Å². The fourth-order valence-electron chi connectivity index (χ4n) is 1.76. The predicted octanol–water partition coefficient (Wildman–Crippen LogP) is 1.36. The number of tetrazole rings is 1. The van der Waals surface area contributed by atoms with Crippen LogP contribution in [0.3, 0.4) is 0 Å². The van der Waals surface area contributed by atoms with Gasteiger partial charge in [-0.3, -0.25) is 0 Å². The summed E-state index contributed by atoms with van der Waals surface area (Å²) in [5.41, 5.74) is 0.104. The van der Waals surface area contributed by atoms with E-state index in [1.807, 2.05) is 4.68 Å². The zero-order valence-electron chi connectivity index (χ0n) is 10.4. The van der Waals surface area contributed by atoms with Crippen LogP contribution in [0.15, 0.2) is 0 Å². The summed E-state index contributed by atoms with van der Waals surface area (Å²) < 4.78 is 1.95. The molecule has 16 heavy (non-hydrogen) atoms. The molecule has 0 atom stereocenters. The van der Waals surface area contributed by atoms with Crippen molar-refractivity contribution >= 4 is 0 Å². The molecule has 1 aliphatic carbocycles. The van der Waals surface area contributed by atoms with Gasteiger partial charge >= 0.3 is 0 Å². The van der Waals surface area contributed by atoms with Crippen LogP contribution in [-0.4, -0.2) is 25.7 Å². The zero-order valence-corrected chi connectivity index (χ0v) is 10.4. The molecule has 1 aliphatic rings. The smallest absolute Gasteiger partial charge is 0.165 e. The lowest BCUT2D eigenvalue weighted by molar-refractivity contribution is 0.259. The average Bonchev–Trinajstić information content (AvgIpc) is 2.54. The molecule has 2 rings (SSSR count). The Balaban J connectivity index is 1.90. The van der Waals surface area contributed by atoms with Gasteiger partial charge in [-0.05, 0) is 50.0 Å². The van der Waals surface area contributed by atoms with Crippen molar-refractivity contribution in [1.29, 1.82) is 0 Å². The largest absolute Gasteiger partial charge is 0.305 e. The number of hydrogen-bond donors (Lipinski definition) is 1. The number of nitrogens with zero attached hydrogens (tertiary/aromatic N) is 4. The van der Waals surface area contributed by atoms with Crippen LogP contribution in [-0.2, 0) is 13.1 Å². The van der Waals surface area contributed by atoms with Gasteiger partial charge in [0.05, 0.1) is 6.54 Å². The number of nitrogens with one attached hydrogen (secondary N) is 1. The van der Waals surface area contributed by atoms with Crippen molar-refractivity contribution in [1.82, 2.24) is 25.5 Å². The zero-order chi connectivity index (χ0) is 11.6. The molecular formula is C11H21N5. The highest BCUT2D eigenvalue weighted by Gasteiger charge is 2.20. The van der Waals surface area contributed by atoms with E-state index in [1.54, 1.807) is 0 Å². The Morgan fingerprint density at radius 3 is 2.69 bits per heavy atom. The number of aromatic nitrogens is 4. The molecular weight excluding hydrogens is 202 g/mol. The molecule has 1 fully saturated rings. The normalized spacial score (nSPS) is 17.4. The molecule has 0 unspecified atom stereocenters. The molecule has 5 heteroatoms. The minimum absolute atomic E-state index is 0.104. The van der Waals surface area contributed by atoms with Crippen LogP contribution in [0.5, 0.6) is 0 Å². The van der Waals surface area contributed by atoms with Gasteiger partial charge in [-0.2, -0.15) is 0 Å². The highest BCUT2D eigenvalue weighted by Crippen LogP contribution is 2.27. The highest BCUT2D eigenvalue weighted by molar-refractivity contribution is 4.84. The second-order valence-electron chi connectivity index (χ2n) is 5.68. The van der Waals surface area contributed by atoms with Crippen LogP contribution in [0.25, 0.3) is 0 Å². The molecule has 1 N–H and O–H groups in total. The molecule has 0 bridgehead atoms. The van der Waals surface area contributed by atoms with E-state index in [2.05, 4.69) is 41.6 Å². The molecule has 0 spiro atoms. The predicted molar refractivity (Wildman–Crippen MR) is 61.8 cm³/mol. The first-order valence-corrected chi connectivity index (χ1v) is 6.05. The van der Waals surface area contributed by atoms with Crippen molar-refractivity contribution in [2.24, 2.45) is 5.92 Å². The van der Waals surface area contributed by atoms with Crippen LogP contribution in [0.4, 0.5) is 0 Å². The van der Waals surface area contributed by atoms with E-state index in [0.29, 0.717) is 0 Å². The maximum atomic E-state index is 4.07. The third-order valence-electron chi connectivity index (χ3n) is 3.04. The fraction of sp³-hybridized carbons (Fsp3) is 0.909. The van der Waals surface area contributed by atoms with Gasteiger partial charge in [-0.25, -0.2) is 4.68 Å². The number of hydrogen-bond acceptors (Lipinski definition) is 4. The first-order chi connectivity index (χ1) is 7.54. The molecule has 0 amide bonds. The van der Waals surface area contributed by atoms with E-state index >= 15 is 0 Å². The van der Waals surface area contributed by atoms with Crippen molar-refractivity contribution in [3.63, 3.8) is 0 Å². The van der Waals surface area contributed by atoms with Gasteiger partial charge < -0.3 is 5.32 Å². The summed E-state index contributed by atoms with van der Waals surface area (Å²) in [6.07, 6.45) is 4.01. The molecule has 1 aromatic rings. The Hall–Kier alpha value is -0.970. The van der Waals surface area contributed by atoms with E-state index in [1.165, 1.54) is 19.3 Å². The lowest BCUT2D eigenvalue weighted by atomic mass is 9.85. The first kappa shape index (κ1) is 11.5. The van der Waals surface area contributed by atoms with E-state index in [0.717, 1.165) is 24.8 Å². The Kier molecular flexibility index (Phi) is 3.23. The van der Waals surface area contributed by atoms with Crippen LogP contribution in [0, 0.1) is 5.92 Å². The van der Waals surface area contributed by atoms with Crippen LogP contribution < -0.4 is 5.32 Å². The summed E-state index contributed by atoms with van der Waals surface area (Å²) >= 11 is 0. The fourth-order valence-corrected chi connectivity index (χ4v) is 1.76. The van der Waals surface area contributed by atoms with Crippen LogP contribution >= 0.6 is 0 Å². The molecule has 1 heterocycles. The van der Waals surface area contributed by atoms with Crippen LogP contribution in [0.1, 0.15) is 45.9 Å². The van der Waals surface area contributed by atoms with E-state index < -0.39 is 0 Å². The average molecular weight is 223 g/mol. The van der Waals surface area contributed by atoms with E-state index in [4.69, 9.17) is 0 Å². The SMILES string of the molecule is CC(C)(C)NCc1nnnn1CC1CCC1. The third-order valence-corrected chi connectivity index (χ3v) is 3.04. The Morgan fingerprint density at radius 1 is 1.38 bits per heavy atom. The molecule has 1 aromatic heterocycles. The highest BCUT2D eigenvalue weighted by atomic mass is 15.5. The van der Waals surface area contributed by atoms with E-state index in [9.17, 15) is 0 Å². The summed E-state index contributed by atoms with van der Waals surface area (Å²) in [6.45, 7) is 8.16. The second kappa shape index (κ2) is 4.49. The molecule has 0 aromatic carbocycles. The van der Waals surface area contributed by atoms with E-state index in [-0.39, 0.29) is 5.54 Å². The molecule has 5 nitrogen and oxygen atoms in total. The van der Waals surface area contributed by atoms with Gasteiger partial charge in [0.2, 0.25) is 0 Å². The van der Waals surface area contributed by atoms with Gasteiger partial charge in [0.1, 0.15) is 0 Å². The lowest BCUT2D eigenvalue weighted by Crippen LogP contribution is -2.36. The van der Waals surface area contributed by atoms with Gasteiger partial charge in [-0.15, -0.1) is 5.10 Å². The van der Waals surface area contributed by atoms with Crippen molar-refractivity contribution < 1.29 is 0 Å². The monoisotopic (exact) mass is 223 g/mol. The molecule has 0 aliphatic heterocycles. The summed E-state index contributed by atoms with van der Waals surface area (Å²) in [5.74, 6) is 1.73. The third kappa shape index (κ3) is 3.01. The molecule has 0 radical (unpaired) electrons. The van der Waals surface area contributed by atoms with Crippen molar-refractivity contribution in [3.8, 4) is 0 Å². The molecule has 1 saturated carbocycles. The summed E-state index contributed by atoms with van der Waals surface area (Å²) in [5, 5.41) is 15.3. The molecule has 90 valence electrons. The van der Waals surface area contributed by atoms with Crippen molar-refractivity contribution in [3.05, 3.63) is 5.82 Å². The summed E-state index contributed by atoms with van der Waals surface area (Å²) in [7, 11) is 0. The quantitative estimate of drug-likeness (QED) is 0.837. The Morgan fingerprint density at radius 2 is 2.12 bits per heavy atom. The van der Waals surface area contributed by atoms with Gasteiger partial charge in [0, 0.05) is 12.1 Å². The molecule has 0 saturated heterocycles. The maximum Gasteiger partial charge on any atom is 0.165 e. The Labute approximate surface area is 96.6 Å². The van der Waals surface area contributed by atoms with Crippen molar-refractivity contribution in [2.75, 3.05) is 0 Å². The standard InChI is InChI=1S/C11H21N5/c1-11(2,3)12-7-10-13-14-15-16(10)8-9-5-4-6-9/h9,12H,4-8H2,1-3H3. The minimum atomic E-state index is 0.104. The Bertz CT molecular complexity index is 334. The van der Waals surface area contributed by atoms with Gasteiger partial charge in [0.15, 0.2) is 5.82 Å². The lowest BCUT2D eigenvalue weighted by Gasteiger charge is -2.25. The second-order valence-corrected chi connectivity index (χ2v) is 5.68. The number of rotatable bonds is 4.